The molecule has 0 N–H and O–H groups in total. The first kappa shape index (κ1) is 19.3. The third kappa shape index (κ3) is 4.19. The summed E-state index contributed by atoms with van der Waals surface area (Å²) in [5.74, 6) is 0.319. The van der Waals surface area contributed by atoms with Crippen LogP contribution in [-0.4, -0.2) is 43.7 Å². The normalized spacial score (nSPS) is 16.5. The molecule has 28 heavy (non-hydrogen) atoms. The summed E-state index contributed by atoms with van der Waals surface area (Å²) < 4.78 is 1.61. The highest BCUT2D eigenvalue weighted by molar-refractivity contribution is 8.00. The number of para-hydroxylation sites is 1. The fourth-order valence-corrected chi connectivity index (χ4v) is 4.97. The van der Waals surface area contributed by atoms with Crippen molar-refractivity contribution in [2.45, 2.75) is 28.6 Å². The SMILES string of the molecule is CC1CCN(C(=O)CSc2nnnn2-c2ccc(Cl)cc2)c2ccccc2S1. The molecule has 0 saturated heterocycles. The molecule has 3 aromatic rings. The first-order valence-corrected chi connectivity index (χ1v) is 11.1. The van der Waals surface area contributed by atoms with Gasteiger partial charge in [0.05, 0.1) is 17.1 Å². The zero-order valence-corrected chi connectivity index (χ0v) is 17.5. The van der Waals surface area contributed by atoms with E-state index in [1.54, 1.807) is 16.8 Å². The van der Waals surface area contributed by atoms with Crippen LogP contribution in [0.1, 0.15) is 13.3 Å². The lowest BCUT2D eigenvalue weighted by atomic mass is 10.2. The van der Waals surface area contributed by atoms with E-state index >= 15 is 0 Å². The van der Waals surface area contributed by atoms with E-state index in [9.17, 15) is 4.79 Å². The van der Waals surface area contributed by atoms with E-state index in [0.717, 1.165) is 22.7 Å². The van der Waals surface area contributed by atoms with Gasteiger partial charge < -0.3 is 4.90 Å². The van der Waals surface area contributed by atoms with Gasteiger partial charge in [0.1, 0.15) is 0 Å². The van der Waals surface area contributed by atoms with Crippen molar-refractivity contribution < 1.29 is 4.79 Å². The van der Waals surface area contributed by atoms with Crippen LogP contribution >= 0.6 is 35.1 Å². The van der Waals surface area contributed by atoms with Crippen molar-refractivity contribution in [2.75, 3.05) is 17.2 Å². The second kappa shape index (κ2) is 8.55. The largest absolute Gasteiger partial charge is 0.311 e. The van der Waals surface area contributed by atoms with E-state index in [4.69, 9.17) is 11.6 Å². The fraction of sp³-hybridized carbons (Fsp3) is 0.263. The topological polar surface area (TPSA) is 63.9 Å². The van der Waals surface area contributed by atoms with Crippen LogP contribution in [0.3, 0.4) is 0 Å². The Bertz CT molecular complexity index is 978. The Morgan fingerprint density at radius 2 is 2.04 bits per heavy atom. The summed E-state index contributed by atoms with van der Waals surface area (Å²) in [6.45, 7) is 2.91. The van der Waals surface area contributed by atoms with E-state index in [1.807, 2.05) is 47.0 Å². The van der Waals surface area contributed by atoms with E-state index in [2.05, 4.69) is 28.5 Å². The number of amides is 1. The standard InChI is InChI=1S/C19H18ClN5OS2/c1-13-10-11-24(16-4-2-3-5-17(16)28-13)18(26)12-27-19-21-22-23-25(19)15-8-6-14(20)7-9-15/h2-9,13H,10-12H2,1H3. The van der Waals surface area contributed by atoms with Gasteiger partial charge in [-0.3, -0.25) is 4.79 Å². The number of carbonyl (C=O) groups is 1. The summed E-state index contributed by atoms with van der Waals surface area (Å²) in [7, 11) is 0. The van der Waals surface area contributed by atoms with Gasteiger partial charge in [-0.05, 0) is 53.2 Å². The number of anilines is 1. The Kier molecular flexibility index (Phi) is 5.89. The highest BCUT2D eigenvalue weighted by Gasteiger charge is 2.24. The van der Waals surface area contributed by atoms with E-state index in [1.165, 1.54) is 11.8 Å². The van der Waals surface area contributed by atoms with Crippen molar-refractivity contribution in [3.05, 3.63) is 53.6 Å². The zero-order chi connectivity index (χ0) is 19.5. The lowest BCUT2D eigenvalue weighted by Crippen LogP contribution is -2.33. The molecule has 0 fully saturated rings. The fourth-order valence-electron chi connectivity index (χ4n) is 2.96. The Hall–Kier alpha value is -2.03. The number of halogens is 1. The molecular formula is C19H18ClN5OS2. The van der Waals surface area contributed by atoms with Crippen molar-refractivity contribution in [3.63, 3.8) is 0 Å². The van der Waals surface area contributed by atoms with Crippen molar-refractivity contribution in [1.82, 2.24) is 20.2 Å². The minimum Gasteiger partial charge on any atom is -0.311 e. The molecule has 4 rings (SSSR count). The van der Waals surface area contributed by atoms with Crippen molar-refractivity contribution in [3.8, 4) is 5.69 Å². The minimum atomic E-state index is 0.0535. The Morgan fingerprint density at radius 3 is 2.86 bits per heavy atom. The number of rotatable bonds is 4. The number of thioether (sulfide) groups is 2. The van der Waals surface area contributed by atoms with Gasteiger partial charge in [0, 0.05) is 21.7 Å². The van der Waals surface area contributed by atoms with Gasteiger partial charge in [-0.25, -0.2) is 0 Å². The molecule has 0 radical (unpaired) electrons. The quantitative estimate of drug-likeness (QED) is 0.573. The lowest BCUT2D eigenvalue weighted by molar-refractivity contribution is -0.116. The molecule has 9 heteroatoms. The molecule has 1 aliphatic heterocycles. The third-order valence-electron chi connectivity index (χ3n) is 4.38. The van der Waals surface area contributed by atoms with Crippen LogP contribution in [0, 0.1) is 0 Å². The average molecular weight is 432 g/mol. The Labute approximate surface area is 176 Å². The number of nitrogens with zero attached hydrogens (tertiary/aromatic N) is 5. The van der Waals surface area contributed by atoms with Gasteiger partial charge in [-0.15, -0.1) is 16.9 Å². The molecule has 1 amide bonds. The van der Waals surface area contributed by atoms with Gasteiger partial charge >= 0.3 is 0 Å². The maximum absolute atomic E-state index is 13.0. The number of fused-ring (bicyclic) bond motifs is 1. The molecular weight excluding hydrogens is 414 g/mol. The number of aromatic nitrogens is 4. The molecule has 144 valence electrons. The van der Waals surface area contributed by atoms with Crippen molar-refractivity contribution >= 4 is 46.7 Å². The summed E-state index contributed by atoms with van der Waals surface area (Å²) in [4.78, 5) is 16.0. The van der Waals surface area contributed by atoms with Crippen LogP contribution in [0.2, 0.25) is 5.02 Å². The first-order chi connectivity index (χ1) is 13.6. The van der Waals surface area contributed by atoms with Crippen LogP contribution < -0.4 is 4.90 Å². The monoisotopic (exact) mass is 431 g/mol. The van der Waals surface area contributed by atoms with E-state index in [0.29, 0.717) is 22.0 Å². The predicted octanol–water partition coefficient (Wildman–Crippen LogP) is 4.33. The molecule has 0 bridgehead atoms. The summed E-state index contributed by atoms with van der Waals surface area (Å²) in [6, 6.07) is 15.3. The maximum atomic E-state index is 13.0. The molecule has 2 heterocycles. The van der Waals surface area contributed by atoms with E-state index < -0.39 is 0 Å². The smallest absolute Gasteiger partial charge is 0.237 e. The number of benzene rings is 2. The third-order valence-corrected chi connectivity index (χ3v) is 6.77. The zero-order valence-electron chi connectivity index (χ0n) is 15.2. The second-order valence-electron chi connectivity index (χ2n) is 6.37. The molecule has 0 aliphatic carbocycles. The predicted molar refractivity (Wildman–Crippen MR) is 114 cm³/mol. The van der Waals surface area contributed by atoms with Crippen LogP contribution in [0.25, 0.3) is 5.69 Å². The molecule has 2 aromatic carbocycles. The molecule has 1 atom stereocenters. The molecule has 0 spiro atoms. The first-order valence-electron chi connectivity index (χ1n) is 8.85. The van der Waals surface area contributed by atoms with Crippen LogP contribution in [0.15, 0.2) is 58.6 Å². The highest BCUT2D eigenvalue weighted by Crippen LogP contribution is 2.37. The summed E-state index contributed by atoms with van der Waals surface area (Å²) in [5.41, 5.74) is 1.79. The molecule has 1 aromatic heterocycles. The van der Waals surface area contributed by atoms with Gasteiger partial charge in [0.2, 0.25) is 11.1 Å². The van der Waals surface area contributed by atoms with Crippen LogP contribution in [0.5, 0.6) is 0 Å². The molecule has 6 nitrogen and oxygen atoms in total. The van der Waals surface area contributed by atoms with Gasteiger partial charge in [0.15, 0.2) is 0 Å². The second-order valence-corrected chi connectivity index (χ2v) is 9.23. The highest BCUT2D eigenvalue weighted by atomic mass is 35.5. The van der Waals surface area contributed by atoms with Gasteiger partial charge in [-0.1, -0.05) is 42.4 Å². The average Bonchev–Trinajstić information content (AvgIpc) is 3.09. The Balaban J connectivity index is 1.50. The summed E-state index contributed by atoms with van der Waals surface area (Å²) >= 11 is 9.10. The van der Waals surface area contributed by atoms with E-state index in [-0.39, 0.29) is 11.7 Å². The number of carbonyl (C=O) groups excluding carboxylic acids is 1. The summed E-state index contributed by atoms with van der Waals surface area (Å²) in [6.07, 6.45) is 0.957. The van der Waals surface area contributed by atoms with Crippen molar-refractivity contribution in [2.24, 2.45) is 0 Å². The van der Waals surface area contributed by atoms with Crippen LogP contribution in [0.4, 0.5) is 5.69 Å². The number of tetrazole rings is 1. The van der Waals surface area contributed by atoms with Crippen molar-refractivity contribution in [1.29, 1.82) is 0 Å². The maximum Gasteiger partial charge on any atom is 0.237 e. The molecule has 0 saturated carbocycles. The lowest BCUT2D eigenvalue weighted by Gasteiger charge is -2.22. The van der Waals surface area contributed by atoms with Gasteiger partial charge in [0.25, 0.3) is 0 Å². The summed E-state index contributed by atoms with van der Waals surface area (Å²) in [5, 5.41) is 13.5. The molecule has 1 unspecified atom stereocenters. The Morgan fingerprint density at radius 1 is 1.25 bits per heavy atom. The minimum absolute atomic E-state index is 0.0535. The number of hydrogen-bond donors (Lipinski definition) is 0. The molecule has 1 aliphatic rings. The van der Waals surface area contributed by atoms with Gasteiger partial charge in [-0.2, -0.15) is 4.68 Å². The van der Waals surface area contributed by atoms with Crippen LogP contribution in [-0.2, 0) is 4.79 Å². The number of hydrogen-bond acceptors (Lipinski definition) is 6.